The van der Waals surface area contributed by atoms with Gasteiger partial charge < -0.3 is 10.0 Å². The average Bonchev–Trinajstić information content (AvgIpc) is 1.98. The molecule has 0 saturated heterocycles. The standard InChI is InChI=1S/C8H16F3NOS/c1-7(13)3-4-12(2)5-6-14-8(9,10)11/h7,13H,3-6H2,1-2H3. The molecule has 0 saturated carbocycles. The normalized spacial score (nSPS) is 14.8. The molecule has 0 fully saturated rings. The molecule has 2 nitrogen and oxygen atoms in total. The molecule has 6 heteroatoms. The Morgan fingerprint density at radius 2 is 1.93 bits per heavy atom. The molecular weight excluding hydrogens is 215 g/mol. The summed E-state index contributed by atoms with van der Waals surface area (Å²) < 4.78 is 35.2. The van der Waals surface area contributed by atoms with Crippen LogP contribution in [-0.4, -0.2) is 47.5 Å². The number of hydrogen-bond donors (Lipinski definition) is 1. The van der Waals surface area contributed by atoms with E-state index in [1.165, 1.54) is 0 Å². The summed E-state index contributed by atoms with van der Waals surface area (Å²) in [6, 6.07) is 0. The molecule has 1 unspecified atom stereocenters. The molecule has 0 heterocycles. The van der Waals surface area contributed by atoms with Crippen molar-refractivity contribution in [3.8, 4) is 0 Å². The fourth-order valence-corrected chi connectivity index (χ4v) is 1.47. The van der Waals surface area contributed by atoms with Gasteiger partial charge in [-0.15, -0.1) is 0 Å². The second-order valence-electron chi connectivity index (χ2n) is 3.24. The molecule has 0 amide bonds. The Bertz CT molecular complexity index is 152. The summed E-state index contributed by atoms with van der Waals surface area (Å²) in [6.07, 6.45) is 0.195. The minimum atomic E-state index is -4.13. The Hall–Kier alpha value is 0.0600. The first-order chi connectivity index (χ1) is 6.31. The van der Waals surface area contributed by atoms with Gasteiger partial charge in [0.05, 0.1) is 6.10 Å². The molecular formula is C8H16F3NOS. The Morgan fingerprint density at radius 3 is 2.36 bits per heavy atom. The van der Waals surface area contributed by atoms with Crippen molar-refractivity contribution in [2.45, 2.75) is 25.0 Å². The molecule has 0 aromatic heterocycles. The Morgan fingerprint density at radius 1 is 1.36 bits per heavy atom. The summed E-state index contributed by atoms with van der Waals surface area (Å²) in [6.45, 7) is 2.67. The van der Waals surface area contributed by atoms with Crippen LogP contribution in [-0.2, 0) is 0 Å². The van der Waals surface area contributed by atoms with Crippen LogP contribution in [0.15, 0.2) is 0 Å². The number of thioether (sulfide) groups is 1. The minimum Gasteiger partial charge on any atom is -0.393 e. The predicted octanol–water partition coefficient (Wildman–Crippen LogP) is 1.94. The van der Waals surface area contributed by atoms with Gasteiger partial charge in [0.1, 0.15) is 0 Å². The molecule has 0 aromatic carbocycles. The van der Waals surface area contributed by atoms with Crippen LogP contribution in [0.5, 0.6) is 0 Å². The summed E-state index contributed by atoms with van der Waals surface area (Å²) in [5.41, 5.74) is -4.13. The fourth-order valence-electron chi connectivity index (χ4n) is 0.836. The number of hydrogen-bond acceptors (Lipinski definition) is 3. The van der Waals surface area contributed by atoms with Gasteiger partial charge in [-0.3, -0.25) is 0 Å². The van der Waals surface area contributed by atoms with Crippen molar-refractivity contribution in [3.63, 3.8) is 0 Å². The lowest BCUT2D eigenvalue weighted by atomic mass is 10.3. The van der Waals surface area contributed by atoms with E-state index in [1.807, 2.05) is 0 Å². The van der Waals surface area contributed by atoms with E-state index < -0.39 is 11.6 Å². The summed E-state index contributed by atoms with van der Waals surface area (Å²) in [5, 5.41) is 8.94. The van der Waals surface area contributed by atoms with Crippen LogP contribution in [0.2, 0.25) is 0 Å². The van der Waals surface area contributed by atoms with E-state index in [0.29, 0.717) is 19.5 Å². The van der Waals surface area contributed by atoms with E-state index in [9.17, 15) is 13.2 Å². The average molecular weight is 231 g/mol. The maximum absolute atomic E-state index is 11.7. The zero-order chi connectivity index (χ0) is 11.2. The van der Waals surface area contributed by atoms with Crippen LogP contribution in [0, 0.1) is 0 Å². The zero-order valence-electron chi connectivity index (χ0n) is 8.34. The van der Waals surface area contributed by atoms with E-state index in [1.54, 1.807) is 18.9 Å². The topological polar surface area (TPSA) is 23.5 Å². The summed E-state index contributed by atoms with van der Waals surface area (Å²) in [5.74, 6) is 0.0415. The number of aliphatic hydroxyl groups is 1. The highest BCUT2D eigenvalue weighted by Gasteiger charge is 2.27. The van der Waals surface area contributed by atoms with E-state index >= 15 is 0 Å². The molecule has 0 radical (unpaired) electrons. The summed E-state index contributed by atoms with van der Waals surface area (Å²) in [4.78, 5) is 1.78. The van der Waals surface area contributed by atoms with Crippen LogP contribution in [0.25, 0.3) is 0 Å². The second-order valence-corrected chi connectivity index (χ2v) is 4.40. The number of halogens is 3. The molecule has 14 heavy (non-hydrogen) atoms. The maximum Gasteiger partial charge on any atom is 0.441 e. The first-order valence-corrected chi connectivity index (χ1v) is 5.37. The van der Waals surface area contributed by atoms with Crippen molar-refractivity contribution in [3.05, 3.63) is 0 Å². The second kappa shape index (κ2) is 6.53. The molecule has 1 atom stereocenters. The van der Waals surface area contributed by atoms with Crippen molar-refractivity contribution in [1.82, 2.24) is 4.90 Å². The monoisotopic (exact) mass is 231 g/mol. The van der Waals surface area contributed by atoms with Crippen molar-refractivity contribution in [1.29, 1.82) is 0 Å². The predicted molar refractivity (Wildman–Crippen MR) is 52.3 cm³/mol. The van der Waals surface area contributed by atoms with Crippen LogP contribution in [0.3, 0.4) is 0 Å². The van der Waals surface area contributed by atoms with Gasteiger partial charge in [0.25, 0.3) is 0 Å². The van der Waals surface area contributed by atoms with Crippen LogP contribution >= 0.6 is 11.8 Å². The molecule has 1 N–H and O–H groups in total. The number of alkyl halides is 3. The lowest BCUT2D eigenvalue weighted by Crippen LogP contribution is -2.25. The quantitative estimate of drug-likeness (QED) is 0.755. The molecule has 0 aromatic rings. The Balaban J connectivity index is 3.40. The minimum absolute atomic E-state index is 0.00801. The van der Waals surface area contributed by atoms with Crippen molar-refractivity contribution in [2.24, 2.45) is 0 Å². The zero-order valence-corrected chi connectivity index (χ0v) is 9.16. The summed E-state index contributed by atoms with van der Waals surface area (Å²) >= 11 is -0.00801. The van der Waals surface area contributed by atoms with Gasteiger partial charge >= 0.3 is 5.51 Å². The molecule has 0 aliphatic rings. The highest BCUT2D eigenvalue weighted by Crippen LogP contribution is 2.29. The third-order valence-electron chi connectivity index (χ3n) is 1.67. The van der Waals surface area contributed by atoms with Gasteiger partial charge in [-0.05, 0) is 32.2 Å². The summed E-state index contributed by atoms with van der Waals surface area (Å²) in [7, 11) is 1.75. The van der Waals surface area contributed by atoms with Crippen molar-refractivity contribution >= 4 is 11.8 Å². The maximum atomic E-state index is 11.7. The van der Waals surface area contributed by atoms with E-state index in [2.05, 4.69) is 0 Å². The van der Waals surface area contributed by atoms with Crippen LogP contribution < -0.4 is 0 Å². The van der Waals surface area contributed by atoms with Crippen LogP contribution in [0.1, 0.15) is 13.3 Å². The Labute approximate surface area is 86.5 Å². The van der Waals surface area contributed by atoms with Gasteiger partial charge in [-0.2, -0.15) is 13.2 Å². The molecule has 0 aliphatic carbocycles. The number of nitrogens with zero attached hydrogens (tertiary/aromatic N) is 1. The Kier molecular flexibility index (Phi) is 6.55. The third-order valence-corrected chi connectivity index (χ3v) is 2.38. The number of aliphatic hydroxyl groups excluding tert-OH is 1. The van der Waals surface area contributed by atoms with E-state index in [4.69, 9.17) is 5.11 Å². The van der Waals surface area contributed by atoms with Gasteiger partial charge in [0.15, 0.2) is 0 Å². The fraction of sp³-hybridized carbons (Fsp3) is 1.00. The molecule has 86 valence electrons. The van der Waals surface area contributed by atoms with Crippen molar-refractivity contribution in [2.75, 3.05) is 25.9 Å². The highest BCUT2D eigenvalue weighted by atomic mass is 32.2. The first-order valence-electron chi connectivity index (χ1n) is 4.38. The van der Waals surface area contributed by atoms with Gasteiger partial charge in [0.2, 0.25) is 0 Å². The SMILES string of the molecule is CC(O)CCN(C)CCSC(F)(F)F. The highest BCUT2D eigenvalue weighted by molar-refractivity contribution is 8.00. The van der Waals surface area contributed by atoms with E-state index in [0.717, 1.165) is 0 Å². The van der Waals surface area contributed by atoms with Gasteiger partial charge in [0, 0.05) is 18.8 Å². The third kappa shape index (κ3) is 10.1. The lowest BCUT2D eigenvalue weighted by molar-refractivity contribution is -0.0328. The lowest BCUT2D eigenvalue weighted by Gasteiger charge is -2.17. The molecule has 0 aliphatic heterocycles. The van der Waals surface area contributed by atoms with Crippen LogP contribution in [0.4, 0.5) is 13.2 Å². The van der Waals surface area contributed by atoms with E-state index in [-0.39, 0.29) is 17.5 Å². The van der Waals surface area contributed by atoms with Gasteiger partial charge in [-0.25, -0.2) is 0 Å². The van der Waals surface area contributed by atoms with Gasteiger partial charge in [-0.1, -0.05) is 0 Å². The number of rotatable bonds is 6. The smallest absolute Gasteiger partial charge is 0.393 e. The molecule has 0 rings (SSSR count). The largest absolute Gasteiger partial charge is 0.441 e. The molecule has 0 bridgehead atoms. The van der Waals surface area contributed by atoms with Crippen molar-refractivity contribution < 1.29 is 18.3 Å². The molecule has 0 spiro atoms. The first kappa shape index (κ1) is 14.1.